The average molecular weight is 485 g/mol. The molecule has 0 amide bonds. The van der Waals surface area contributed by atoms with E-state index in [1.807, 2.05) is 30.9 Å². The van der Waals surface area contributed by atoms with E-state index in [1.54, 1.807) is 23.0 Å². The number of thiazole rings is 1. The molecule has 31 heavy (non-hydrogen) atoms. The smallest absolute Gasteiger partial charge is 0.372 e. The summed E-state index contributed by atoms with van der Waals surface area (Å²) in [5, 5.41) is 5.09. The summed E-state index contributed by atoms with van der Waals surface area (Å²) in [5.74, 6) is -0.0284. The fraction of sp³-hybridized carbons (Fsp3) is 0.250. The number of hydrogen-bond donors (Lipinski definition) is 2. The minimum atomic E-state index is -3.57. The van der Waals surface area contributed by atoms with Crippen molar-refractivity contribution >= 4 is 55.8 Å². The molecule has 0 aliphatic rings. The van der Waals surface area contributed by atoms with E-state index in [0.717, 1.165) is 6.54 Å². The van der Waals surface area contributed by atoms with Crippen LogP contribution in [0, 0.1) is 5.82 Å². The second-order valence-electron chi connectivity index (χ2n) is 7.15. The van der Waals surface area contributed by atoms with Crippen LogP contribution in [0.25, 0.3) is 0 Å². The van der Waals surface area contributed by atoms with Crippen molar-refractivity contribution in [2.45, 2.75) is 4.90 Å². The van der Waals surface area contributed by atoms with Crippen molar-refractivity contribution in [3.8, 4) is 0 Å². The Morgan fingerprint density at radius 3 is 2.55 bits per heavy atom. The highest BCUT2D eigenvalue weighted by Gasteiger charge is 2.22. The van der Waals surface area contributed by atoms with Gasteiger partial charge in [-0.05, 0) is 50.5 Å². The number of benzene rings is 2. The van der Waals surface area contributed by atoms with Crippen LogP contribution in [0.2, 0.25) is 5.02 Å². The molecule has 3 N–H and O–H groups in total. The summed E-state index contributed by atoms with van der Waals surface area (Å²) >= 11 is 7.71. The van der Waals surface area contributed by atoms with Crippen molar-refractivity contribution in [2.75, 3.05) is 49.2 Å². The van der Waals surface area contributed by atoms with E-state index in [1.165, 1.54) is 35.6 Å². The van der Waals surface area contributed by atoms with Crippen LogP contribution < -0.4 is 14.9 Å². The fourth-order valence-corrected chi connectivity index (χ4v) is 4.67. The number of likely N-dealkylation sites (N-methyl/N-ethyl adjacent to an activating group) is 2. The zero-order valence-corrected chi connectivity index (χ0v) is 19.7. The predicted molar refractivity (Wildman–Crippen MR) is 127 cm³/mol. The maximum Gasteiger partial charge on any atom is 0.397 e. The van der Waals surface area contributed by atoms with E-state index in [-0.39, 0.29) is 15.7 Å². The lowest BCUT2D eigenvalue weighted by molar-refractivity contribution is 0.416. The van der Waals surface area contributed by atoms with Gasteiger partial charge in [-0.1, -0.05) is 11.6 Å². The quantitative estimate of drug-likeness (QED) is 0.432. The molecule has 1 unspecified atom stereocenters. The van der Waals surface area contributed by atoms with E-state index in [0.29, 0.717) is 29.4 Å². The predicted octanol–water partition coefficient (Wildman–Crippen LogP) is 4.63. The van der Waals surface area contributed by atoms with Gasteiger partial charge in [-0.25, -0.2) is 18.3 Å². The molecule has 0 aliphatic carbocycles. The molecular formula is C20H24ClFN5O2S2+. The summed E-state index contributed by atoms with van der Waals surface area (Å²) in [7, 11) is 2.27. The number of nitrogens with one attached hydrogen (secondary N) is 2. The third kappa shape index (κ3) is 6.07. The summed E-state index contributed by atoms with van der Waals surface area (Å²) in [6.07, 6.45) is 0. The summed E-state index contributed by atoms with van der Waals surface area (Å²) in [5.41, 5.74) is 3.44. The first-order chi connectivity index (χ1) is 14.7. The lowest BCUT2D eigenvalue weighted by Gasteiger charge is -2.25. The Kier molecular flexibility index (Phi) is 7.37. The molecule has 0 radical (unpaired) electrons. The first-order valence-corrected chi connectivity index (χ1v) is 12.1. The molecule has 11 heteroatoms. The molecule has 2 aromatic carbocycles. The van der Waals surface area contributed by atoms with Crippen LogP contribution in [0.5, 0.6) is 0 Å². The lowest BCUT2D eigenvalue weighted by atomic mass is 10.2. The maximum atomic E-state index is 13.9. The van der Waals surface area contributed by atoms with Gasteiger partial charge in [-0.2, -0.15) is 4.21 Å². The van der Waals surface area contributed by atoms with Gasteiger partial charge in [0, 0.05) is 25.5 Å². The van der Waals surface area contributed by atoms with E-state index in [4.69, 9.17) is 11.6 Å². The van der Waals surface area contributed by atoms with Crippen LogP contribution in [-0.2, 0) is 10.0 Å². The van der Waals surface area contributed by atoms with Gasteiger partial charge in [0.15, 0.2) is 5.82 Å². The molecule has 1 atom stereocenters. The number of halogens is 2. The summed E-state index contributed by atoms with van der Waals surface area (Å²) in [6.45, 7) is 1.51. The van der Waals surface area contributed by atoms with Crippen LogP contribution in [0.15, 0.2) is 52.2 Å². The number of rotatable bonds is 9. The molecule has 0 aliphatic heterocycles. The van der Waals surface area contributed by atoms with E-state index < -0.39 is 10.0 Å². The molecule has 0 saturated heterocycles. The highest BCUT2D eigenvalue weighted by molar-refractivity contribution is 7.92. The molecule has 1 heterocycles. The molecule has 0 saturated carbocycles. The first-order valence-electron chi connectivity index (χ1n) is 9.30. The molecule has 1 aromatic heterocycles. The fourth-order valence-electron chi connectivity index (χ4n) is 2.77. The van der Waals surface area contributed by atoms with Crippen molar-refractivity contribution < 1.29 is 12.8 Å². The summed E-state index contributed by atoms with van der Waals surface area (Å²) < 4.78 is 39.4. The minimum absolute atomic E-state index is 0.124. The number of aromatic nitrogens is 1. The highest BCUT2D eigenvalue weighted by atomic mass is 35.5. The standard InChI is InChI=1S/C20H23ClFN5O2S2/c1-26(2)8-9-27(3)19-10-14(22)4-6-18(19)24-17-7-5-15(11-16(17)21)31(28,29)25-20-12-30-13-23-20/h4-7,10-13,24H,8-9H2,1-3H3,(H,25,28,29)/p+1. The minimum Gasteiger partial charge on any atom is -0.372 e. The van der Waals surface area contributed by atoms with Crippen molar-refractivity contribution in [1.29, 1.82) is 0 Å². The Hall–Kier alpha value is -2.40. The summed E-state index contributed by atoms with van der Waals surface area (Å²) in [4.78, 5) is 8.09. The summed E-state index contributed by atoms with van der Waals surface area (Å²) in [6, 6.07) is 9.01. The SMILES string of the molecule is CN(C)CCN(C)c1cc(F)ccc1Nc1ccc(S(=O)(=[OH+])Nc2cscn2)cc1Cl. The van der Waals surface area contributed by atoms with Crippen LogP contribution in [0.4, 0.5) is 27.3 Å². The topological polar surface area (TPSA) is 81.9 Å². The third-order valence-corrected chi connectivity index (χ3v) is 6.74. The molecule has 7 nitrogen and oxygen atoms in total. The Bertz CT molecular complexity index is 1140. The molecule has 3 aromatic rings. The molecule has 166 valence electrons. The zero-order valence-electron chi connectivity index (χ0n) is 17.3. The van der Waals surface area contributed by atoms with Gasteiger partial charge in [-0.3, -0.25) is 0 Å². The Labute approximate surface area is 190 Å². The second-order valence-corrected chi connectivity index (χ2v) is 10.0. The number of hydrogen-bond acceptors (Lipinski definition) is 6. The van der Waals surface area contributed by atoms with Gasteiger partial charge >= 0.3 is 10.0 Å². The van der Waals surface area contributed by atoms with Crippen LogP contribution in [0.1, 0.15) is 0 Å². The van der Waals surface area contributed by atoms with Crippen LogP contribution in [0.3, 0.4) is 0 Å². The normalized spacial score (nSPS) is 13.1. The van der Waals surface area contributed by atoms with Crippen LogP contribution in [-0.4, -0.2) is 52.5 Å². The Balaban J connectivity index is 1.83. The maximum absolute atomic E-state index is 13.9. The first kappa shape index (κ1) is 23.3. The van der Waals surface area contributed by atoms with Crippen LogP contribution >= 0.6 is 22.9 Å². The van der Waals surface area contributed by atoms with Gasteiger partial charge in [0.2, 0.25) is 0 Å². The molecule has 3 rings (SSSR count). The highest BCUT2D eigenvalue weighted by Crippen LogP contribution is 2.33. The average Bonchev–Trinajstić information content (AvgIpc) is 3.21. The van der Waals surface area contributed by atoms with Crippen molar-refractivity contribution in [3.05, 3.63) is 58.1 Å². The zero-order chi connectivity index (χ0) is 22.6. The molecule has 0 fully saturated rings. The monoisotopic (exact) mass is 484 g/mol. The van der Waals surface area contributed by atoms with Crippen molar-refractivity contribution in [2.24, 2.45) is 0 Å². The van der Waals surface area contributed by atoms with Gasteiger partial charge < -0.3 is 15.1 Å². The van der Waals surface area contributed by atoms with Crippen molar-refractivity contribution in [3.63, 3.8) is 0 Å². The van der Waals surface area contributed by atoms with E-state index >= 15 is 0 Å². The lowest BCUT2D eigenvalue weighted by Crippen LogP contribution is -2.28. The Morgan fingerprint density at radius 2 is 1.90 bits per heavy atom. The van der Waals surface area contributed by atoms with Gasteiger partial charge in [0.1, 0.15) is 10.7 Å². The number of anilines is 4. The molecule has 0 bridgehead atoms. The molecular weight excluding hydrogens is 461 g/mol. The van der Waals surface area contributed by atoms with E-state index in [2.05, 4.69) is 15.0 Å². The van der Waals surface area contributed by atoms with Gasteiger partial charge in [0.25, 0.3) is 0 Å². The molecule has 0 spiro atoms. The second kappa shape index (κ2) is 9.82. The number of nitrogens with zero attached hydrogens (tertiary/aromatic N) is 3. The van der Waals surface area contributed by atoms with Gasteiger partial charge in [-0.15, -0.1) is 11.3 Å². The largest absolute Gasteiger partial charge is 0.397 e. The third-order valence-electron chi connectivity index (χ3n) is 4.46. The Morgan fingerprint density at radius 1 is 1.16 bits per heavy atom. The van der Waals surface area contributed by atoms with Gasteiger partial charge in [0.05, 0.1) is 27.6 Å². The van der Waals surface area contributed by atoms with E-state index in [9.17, 15) is 12.8 Å². The van der Waals surface area contributed by atoms with Crippen molar-refractivity contribution in [1.82, 2.24) is 9.88 Å².